The summed E-state index contributed by atoms with van der Waals surface area (Å²) in [5.74, 6) is 0. The number of hydrogen-bond donors (Lipinski definition) is 0. The van der Waals surface area contributed by atoms with Gasteiger partial charge in [0.1, 0.15) is 0 Å². The molecule has 42 heavy (non-hydrogen) atoms. The maximum atomic E-state index is 5.05. The predicted molar refractivity (Wildman–Crippen MR) is 185 cm³/mol. The van der Waals surface area contributed by atoms with Crippen molar-refractivity contribution in [3.05, 3.63) is 137 Å². The maximum Gasteiger partial charge on any atom is 0.0809 e. The molecule has 0 amide bonds. The topological polar surface area (TPSA) is 12.9 Å². The molecule has 6 aromatic carbocycles. The summed E-state index contributed by atoms with van der Waals surface area (Å²) in [6.45, 7) is 0. The zero-order valence-electron chi connectivity index (χ0n) is 22.5. The molecule has 3 heterocycles. The number of thiophene rings is 2. The number of nitrogens with zero attached hydrogens (tertiary/aromatic N) is 1. The van der Waals surface area contributed by atoms with Crippen molar-refractivity contribution in [2.75, 3.05) is 0 Å². The Morgan fingerprint density at radius 2 is 1.29 bits per heavy atom. The third-order valence-electron chi connectivity index (χ3n) is 8.35. The van der Waals surface area contributed by atoms with Crippen molar-refractivity contribution in [1.29, 1.82) is 0 Å². The zero-order chi connectivity index (χ0) is 27.6. The summed E-state index contributed by atoms with van der Waals surface area (Å²) in [5.41, 5.74) is 4.50. The monoisotopic (exact) mass is 569 g/mol. The van der Waals surface area contributed by atoms with Gasteiger partial charge >= 0.3 is 0 Å². The standard InChI is InChI=1S/C39H23NS2/c1-5-25-6-2-9-31-33-17-16-28(29-10-3-11-32(39(29)33)30(8-1)38(25)31)36-20-21-37(42-36)35-19-14-26-23-24(13-18-34(26)40-35)12-15-27-7-4-22-41-27/h1-23H/b15-12+. The summed E-state index contributed by atoms with van der Waals surface area (Å²) < 4.78 is 0. The molecule has 3 heteroatoms. The number of rotatable bonds is 4. The molecule has 0 aliphatic heterocycles. The minimum atomic E-state index is 1.02. The van der Waals surface area contributed by atoms with E-state index in [4.69, 9.17) is 4.98 Å². The summed E-state index contributed by atoms with van der Waals surface area (Å²) in [5, 5.41) is 13.9. The van der Waals surface area contributed by atoms with Gasteiger partial charge in [0.2, 0.25) is 0 Å². The van der Waals surface area contributed by atoms with Crippen LogP contribution in [-0.4, -0.2) is 4.98 Å². The van der Waals surface area contributed by atoms with Gasteiger partial charge in [0.15, 0.2) is 0 Å². The van der Waals surface area contributed by atoms with Crippen molar-refractivity contribution in [1.82, 2.24) is 4.98 Å². The van der Waals surface area contributed by atoms with E-state index in [0.717, 1.165) is 16.6 Å². The second kappa shape index (κ2) is 9.35. The fraction of sp³-hybridized carbons (Fsp3) is 0. The number of pyridine rings is 1. The summed E-state index contributed by atoms with van der Waals surface area (Å²) in [4.78, 5) is 8.76. The second-order valence-corrected chi connectivity index (χ2v) is 12.8. The number of hydrogen-bond acceptors (Lipinski definition) is 3. The van der Waals surface area contributed by atoms with Crippen LogP contribution in [0.25, 0.3) is 87.2 Å². The van der Waals surface area contributed by atoms with Crippen molar-refractivity contribution < 1.29 is 0 Å². The Balaban J connectivity index is 1.13. The van der Waals surface area contributed by atoms with Gasteiger partial charge in [-0.25, -0.2) is 4.98 Å². The number of aromatic nitrogens is 1. The molecule has 0 spiro atoms. The first-order chi connectivity index (χ1) is 20.8. The Kier molecular flexibility index (Phi) is 5.31. The van der Waals surface area contributed by atoms with E-state index in [1.54, 1.807) is 11.3 Å². The Bertz CT molecular complexity index is 2410. The highest BCUT2D eigenvalue weighted by molar-refractivity contribution is 7.18. The molecule has 1 nitrogen and oxygen atoms in total. The fourth-order valence-electron chi connectivity index (χ4n) is 6.43. The molecule has 0 bridgehead atoms. The molecule has 0 atom stereocenters. The molecule has 0 aliphatic carbocycles. The lowest BCUT2D eigenvalue weighted by molar-refractivity contribution is 1.42. The third-order valence-corrected chi connectivity index (χ3v) is 10.3. The molecule has 0 saturated heterocycles. The SMILES string of the molecule is C(=C\c1cccs1)/c1ccc2nc(-c3ccc(-c4ccc5c6cccc7cccc(c8cccc4c85)c76)s3)ccc2c1. The first-order valence-corrected chi connectivity index (χ1v) is 15.8. The van der Waals surface area contributed by atoms with Crippen molar-refractivity contribution in [3.8, 4) is 21.0 Å². The quantitative estimate of drug-likeness (QED) is 0.152. The molecule has 0 aliphatic rings. The van der Waals surface area contributed by atoms with E-state index in [2.05, 4.69) is 139 Å². The Morgan fingerprint density at radius 1 is 0.524 bits per heavy atom. The smallest absolute Gasteiger partial charge is 0.0809 e. The molecule has 0 saturated carbocycles. The highest BCUT2D eigenvalue weighted by atomic mass is 32.1. The van der Waals surface area contributed by atoms with Gasteiger partial charge in [-0.1, -0.05) is 91.0 Å². The average molecular weight is 570 g/mol. The van der Waals surface area contributed by atoms with Gasteiger partial charge in [0, 0.05) is 15.1 Å². The molecule has 9 aromatic rings. The van der Waals surface area contributed by atoms with Crippen LogP contribution in [-0.2, 0) is 0 Å². The second-order valence-electron chi connectivity index (χ2n) is 10.8. The van der Waals surface area contributed by atoms with Gasteiger partial charge in [-0.3, -0.25) is 0 Å². The first-order valence-electron chi connectivity index (χ1n) is 14.1. The Hall–Kier alpha value is -4.83. The van der Waals surface area contributed by atoms with Crippen LogP contribution < -0.4 is 0 Å². The van der Waals surface area contributed by atoms with Crippen molar-refractivity contribution >= 4 is 88.8 Å². The minimum Gasteiger partial charge on any atom is -0.247 e. The molecule has 196 valence electrons. The van der Waals surface area contributed by atoms with Crippen LogP contribution in [0.5, 0.6) is 0 Å². The van der Waals surface area contributed by atoms with Gasteiger partial charge in [-0.05, 0) is 102 Å². The van der Waals surface area contributed by atoms with Crippen LogP contribution in [0, 0.1) is 0 Å². The average Bonchev–Trinajstić information content (AvgIpc) is 3.75. The molecular formula is C39H23NS2. The lowest BCUT2D eigenvalue weighted by Crippen LogP contribution is -1.88. The van der Waals surface area contributed by atoms with E-state index in [1.165, 1.54) is 68.8 Å². The highest BCUT2D eigenvalue weighted by Gasteiger charge is 2.16. The molecule has 3 aromatic heterocycles. The van der Waals surface area contributed by atoms with E-state index in [0.29, 0.717) is 0 Å². The van der Waals surface area contributed by atoms with E-state index < -0.39 is 0 Å². The summed E-state index contributed by atoms with van der Waals surface area (Å²) in [6, 6.07) is 44.3. The van der Waals surface area contributed by atoms with Crippen molar-refractivity contribution in [2.24, 2.45) is 0 Å². The summed E-state index contributed by atoms with van der Waals surface area (Å²) in [7, 11) is 0. The number of fused-ring (bicyclic) bond motifs is 3. The minimum absolute atomic E-state index is 1.02. The van der Waals surface area contributed by atoms with Gasteiger partial charge in [0.05, 0.1) is 16.1 Å². The van der Waals surface area contributed by atoms with Crippen molar-refractivity contribution in [3.63, 3.8) is 0 Å². The lowest BCUT2D eigenvalue weighted by atomic mass is 9.88. The molecular weight excluding hydrogens is 547 g/mol. The normalized spacial score (nSPS) is 12.2. The molecule has 9 rings (SSSR count). The Labute approximate surface area is 251 Å². The largest absolute Gasteiger partial charge is 0.247 e. The Morgan fingerprint density at radius 3 is 2.12 bits per heavy atom. The van der Waals surface area contributed by atoms with E-state index >= 15 is 0 Å². The van der Waals surface area contributed by atoms with Crippen LogP contribution in [0.1, 0.15) is 10.4 Å². The van der Waals surface area contributed by atoms with Crippen LogP contribution in [0.3, 0.4) is 0 Å². The fourth-order valence-corrected chi connectivity index (χ4v) is 8.06. The van der Waals surface area contributed by atoms with E-state index in [1.807, 2.05) is 11.3 Å². The lowest BCUT2D eigenvalue weighted by Gasteiger charge is -2.16. The predicted octanol–water partition coefficient (Wildman–Crippen LogP) is 11.9. The molecule has 0 N–H and O–H groups in total. The van der Waals surface area contributed by atoms with Crippen LogP contribution in [0.4, 0.5) is 0 Å². The summed E-state index contributed by atoms with van der Waals surface area (Å²) in [6.07, 6.45) is 4.34. The van der Waals surface area contributed by atoms with Gasteiger partial charge in [-0.15, -0.1) is 22.7 Å². The van der Waals surface area contributed by atoms with Crippen LogP contribution >= 0.6 is 22.7 Å². The zero-order valence-corrected chi connectivity index (χ0v) is 24.2. The van der Waals surface area contributed by atoms with Crippen molar-refractivity contribution in [2.45, 2.75) is 0 Å². The van der Waals surface area contributed by atoms with E-state index in [9.17, 15) is 0 Å². The summed E-state index contributed by atoms with van der Waals surface area (Å²) >= 11 is 3.57. The highest BCUT2D eigenvalue weighted by Crippen LogP contribution is 2.44. The molecule has 0 radical (unpaired) electrons. The first kappa shape index (κ1) is 23.8. The van der Waals surface area contributed by atoms with Crippen LogP contribution in [0.2, 0.25) is 0 Å². The van der Waals surface area contributed by atoms with Gasteiger partial charge in [0.25, 0.3) is 0 Å². The maximum absolute atomic E-state index is 5.05. The van der Waals surface area contributed by atoms with Crippen LogP contribution in [0.15, 0.2) is 127 Å². The molecule has 0 fully saturated rings. The van der Waals surface area contributed by atoms with Gasteiger partial charge in [-0.2, -0.15) is 0 Å². The molecule has 0 unspecified atom stereocenters. The van der Waals surface area contributed by atoms with Gasteiger partial charge < -0.3 is 0 Å². The number of benzene rings is 6. The third kappa shape index (κ3) is 3.71. The van der Waals surface area contributed by atoms with E-state index in [-0.39, 0.29) is 0 Å².